The van der Waals surface area contributed by atoms with E-state index in [0.29, 0.717) is 24.2 Å². The molecule has 0 atom stereocenters. The second-order valence-electron chi connectivity index (χ2n) is 5.04. The van der Waals surface area contributed by atoms with Gasteiger partial charge in [-0.3, -0.25) is 0 Å². The molecule has 5 nitrogen and oxygen atoms in total. The van der Waals surface area contributed by atoms with E-state index in [9.17, 15) is 12.8 Å². The maximum Gasteiger partial charge on any atom is 0.240 e. The monoisotopic (exact) mass is 317 g/mol. The van der Waals surface area contributed by atoms with Crippen molar-refractivity contribution in [3.05, 3.63) is 29.1 Å². The molecule has 0 saturated heterocycles. The molecular formula is C14H24FN3O2S. The second-order valence-corrected chi connectivity index (χ2v) is 6.80. The van der Waals surface area contributed by atoms with Crippen LogP contribution in [0.15, 0.2) is 17.0 Å². The van der Waals surface area contributed by atoms with Crippen LogP contribution in [0.1, 0.15) is 18.1 Å². The molecule has 0 bridgehead atoms. The SMILES string of the molecule is CCN(C)CCNS(=O)(=O)c1cc(C)c(F)c(CNC)c1. The number of benzene rings is 1. The first kappa shape index (κ1) is 18.0. The largest absolute Gasteiger partial charge is 0.316 e. The van der Waals surface area contributed by atoms with Crippen LogP contribution in [0.3, 0.4) is 0 Å². The quantitative estimate of drug-likeness (QED) is 0.753. The van der Waals surface area contributed by atoms with Crippen LogP contribution in [0.4, 0.5) is 4.39 Å². The summed E-state index contributed by atoms with van der Waals surface area (Å²) < 4.78 is 40.9. The summed E-state index contributed by atoms with van der Waals surface area (Å²) in [5.74, 6) is -0.367. The van der Waals surface area contributed by atoms with Crippen molar-refractivity contribution in [3.8, 4) is 0 Å². The molecular weight excluding hydrogens is 293 g/mol. The predicted octanol–water partition coefficient (Wildman–Crippen LogP) is 1.08. The van der Waals surface area contributed by atoms with Crippen LogP contribution in [-0.4, -0.2) is 47.0 Å². The number of rotatable bonds is 8. The van der Waals surface area contributed by atoms with Crippen LogP contribution >= 0.6 is 0 Å². The van der Waals surface area contributed by atoms with E-state index in [0.717, 1.165) is 6.54 Å². The molecule has 1 aromatic rings. The van der Waals surface area contributed by atoms with Crippen LogP contribution in [0, 0.1) is 12.7 Å². The van der Waals surface area contributed by atoms with E-state index in [2.05, 4.69) is 10.0 Å². The predicted molar refractivity (Wildman–Crippen MR) is 82.3 cm³/mol. The van der Waals surface area contributed by atoms with Gasteiger partial charge in [0.25, 0.3) is 0 Å². The molecule has 0 fully saturated rings. The van der Waals surface area contributed by atoms with Crippen LogP contribution in [-0.2, 0) is 16.6 Å². The maximum atomic E-state index is 13.9. The molecule has 0 aliphatic carbocycles. The van der Waals surface area contributed by atoms with Crippen LogP contribution < -0.4 is 10.0 Å². The van der Waals surface area contributed by atoms with Gasteiger partial charge in [-0.1, -0.05) is 6.92 Å². The molecule has 0 spiro atoms. The normalized spacial score (nSPS) is 12.1. The van der Waals surface area contributed by atoms with E-state index in [-0.39, 0.29) is 17.3 Å². The van der Waals surface area contributed by atoms with Gasteiger partial charge in [0, 0.05) is 25.2 Å². The van der Waals surface area contributed by atoms with Crippen molar-refractivity contribution in [3.63, 3.8) is 0 Å². The smallest absolute Gasteiger partial charge is 0.240 e. The summed E-state index contributed by atoms with van der Waals surface area (Å²) in [6.45, 7) is 5.66. The Kier molecular flexibility index (Phi) is 6.73. The topological polar surface area (TPSA) is 61.4 Å². The van der Waals surface area contributed by atoms with Crippen molar-refractivity contribution in [2.75, 3.05) is 33.7 Å². The number of halogens is 1. The summed E-state index contributed by atoms with van der Waals surface area (Å²) in [5, 5.41) is 2.83. The minimum absolute atomic E-state index is 0.103. The zero-order chi connectivity index (χ0) is 16.0. The summed E-state index contributed by atoms with van der Waals surface area (Å²) in [6.07, 6.45) is 0. The Labute approximate surface area is 126 Å². The van der Waals surface area contributed by atoms with E-state index >= 15 is 0 Å². The number of sulfonamides is 1. The lowest BCUT2D eigenvalue weighted by atomic mass is 10.1. The Morgan fingerprint density at radius 1 is 1.33 bits per heavy atom. The average molecular weight is 317 g/mol. The number of nitrogens with one attached hydrogen (secondary N) is 2. The molecule has 0 aliphatic heterocycles. The zero-order valence-corrected chi connectivity index (χ0v) is 13.8. The van der Waals surface area contributed by atoms with Gasteiger partial charge < -0.3 is 10.2 Å². The fraction of sp³-hybridized carbons (Fsp3) is 0.571. The van der Waals surface area contributed by atoms with Crippen molar-refractivity contribution >= 4 is 10.0 Å². The minimum atomic E-state index is -3.62. The van der Waals surface area contributed by atoms with Crippen molar-refractivity contribution in [2.45, 2.75) is 25.3 Å². The molecule has 1 aromatic carbocycles. The highest BCUT2D eigenvalue weighted by Gasteiger charge is 2.17. The number of hydrogen-bond donors (Lipinski definition) is 2. The van der Waals surface area contributed by atoms with Gasteiger partial charge in [0.05, 0.1) is 4.90 Å². The minimum Gasteiger partial charge on any atom is -0.316 e. The van der Waals surface area contributed by atoms with E-state index in [4.69, 9.17) is 0 Å². The molecule has 2 N–H and O–H groups in total. The summed E-state index contributed by atoms with van der Waals surface area (Å²) in [4.78, 5) is 2.11. The summed E-state index contributed by atoms with van der Waals surface area (Å²) >= 11 is 0. The number of nitrogens with zero attached hydrogens (tertiary/aromatic N) is 1. The first-order chi connectivity index (χ1) is 9.81. The van der Waals surface area contributed by atoms with Gasteiger partial charge in [0.15, 0.2) is 0 Å². The molecule has 21 heavy (non-hydrogen) atoms. The third-order valence-corrected chi connectivity index (χ3v) is 4.75. The highest BCUT2D eigenvalue weighted by atomic mass is 32.2. The summed E-state index contributed by atoms with van der Waals surface area (Å²) in [7, 11) is -0.00807. The second kappa shape index (κ2) is 7.84. The van der Waals surface area contributed by atoms with E-state index in [1.807, 2.05) is 18.9 Å². The van der Waals surface area contributed by atoms with Gasteiger partial charge in [0.2, 0.25) is 10.0 Å². The van der Waals surface area contributed by atoms with Gasteiger partial charge in [-0.25, -0.2) is 17.5 Å². The number of aryl methyl sites for hydroxylation is 1. The Balaban J connectivity index is 2.92. The molecule has 0 amide bonds. The van der Waals surface area contributed by atoms with Crippen LogP contribution in [0.25, 0.3) is 0 Å². The van der Waals surface area contributed by atoms with E-state index < -0.39 is 10.0 Å². The Bertz CT molecular complexity index is 576. The Hall–Kier alpha value is -1.02. The van der Waals surface area contributed by atoms with Crippen LogP contribution in [0.2, 0.25) is 0 Å². The van der Waals surface area contributed by atoms with Crippen molar-refractivity contribution in [2.24, 2.45) is 0 Å². The molecule has 0 aliphatic rings. The average Bonchev–Trinajstić information content (AvgIpc) is 2.43. The molecule has 120 valence electrons. The molecule has 0 unspecified atom stereocenters. The molecule has 0 aromatic heterocycles. The van der Waals surface area contributed by atoms with Crippen LogP contribution in [0.5, 0.6) is 0 Å². The molecule has 1 rings (SSSR count). The van der Waals surface area contributed by atoms with E-state index in [1.165, 1.54) is 12.1 Å². The molecule has 7 heteroatoms. The lowest BCUT2D eigenvalue weighted by molar-refractivity contribution is 0.358. The summed E-state index contributed by atoms with van der Waals surface area (Å²) in [6, 6.07) is 2.74. The molecule has 0 saturated carbocycles. The summed E-state index contributed by atoms with van der Waals surface area (Å²) in [5.41, 5.74) is 0.678. The standard InChI is InChI=1S/C14H24FN3O2S/c1-5-18(4)7-6-17-21(19,20)13-8-11(2)14(15)12(9-13)10-16-3/h8-9,16-17H,5-7,10H2,1-4H3. The first-order valence-corrected chi connectivity index (χ1v) is 8.42. The van der Waals surface area contributed by atoms with Gasteiger partial charge in [-0.05, 0) is 45.3 Å². The van der Waals surface area contributed by atoms with Crippen molar-refractivity contribution in [1.82, 2.24) is 14.9 Å². The highest BCUT2D eigenvalue weighted by molar-refractivity contribution is 7.89. The first-order valence-electron chi connectivity index (χ1n) is 6.93. The molecule has 0 radical (unpaired) electrons. The van der Waals surface area contributed by atoms with Gasteiger partial charge in [0.1, 0.15) is 5.82 Å². The fourth-order valence-corrected chi connectivity index (χ4v) is 3.05. The Morgan fingerprint density at radius 2 is 2.00 bits per heavy atom. The third-order valence-electron chi connectivity index (χ3n) is 3.31. The maximum absolute atomic E-state index is 13.9. The van der Waals surface area contributed by atoms with Crippen molar-refractivity contribution in [1.29, 1.82) is 0 Å². The van der Waals surface area contributed by atoms with Gasteiger partial charge >= 0.3 is 0 Å². The van der Waals surface area contributed by atoms with Crippen molar-refractivity contribution < 1.29 is 12.8 Å². The zero-order valence-electron chi connectivity index (χ0n) is 13.0. The van der Waals surface area contributed by atoms with E-state index in [1.54, 1.807) is 14.0 Å². The Morgan fingerprint density at radius 3 is 2.57 bits per heavy atom. The number of likely N-dealkylation sites (N-methyl/N-ethyl adjacent to an activating group) is 1. The number of hydrogen-bond acceptors (Lipinski definition) is 4. The molecule has 0 heterocycles. The highest BCUT2D eigenvalue weighted by Crippen LogP contribution is 2.19. The fourth-order valence-electron chi connectivity index (χ4n) is 1.89. The third kappa shape index (κ3) is 5.03. The van der Waals surface area contributed by atoms with Gasteiger partial charge in [-0.15, -0.1) is 0 Å². The lowest BCUT2D eigenvalue weighted by Crippen LogP contribution is -2.33. The van der Waals surface area contributed by atoms with Gasteiger partial charge in [-0.2, -0.15) is 0 Å². The lowest BCUT2D eigenvalue weighted by Gasteiger charge is -2.15.